The van der Waals surface area contributed by atoms with Gasteiger partial charge in [0.25, 0.3) is 15.9 Å². The number of nitrogens with zero attached hydrogens (tertiary/aromatic N) is 1. The van der Waals surface area contributed by atoms with E-state index in [2.05, 4.69) is 15.0 Å². The van der Waals surface area contributed by atoms with E-state index in [-0.39, 0.29) is 35.6 Å². The minimum absolute atomic E-state index is 0.0487. The van der Waals surface area contributed by atoms with Crippen molar-refractivity contribution >= 4 is 27.7 Å². The largest absolute Gasteiger partial charge is 0.452 e. The summed E-state index contributed by atoms with van der Waals surface area (Å²) in [6.45, 7) is 3.66. The maximum absolute atomic E-state index is 12.5. The van der Waals surface area contributed by atoms with E-state index < -0.39 is 22.1 Å². The van der Waals surface area contributed by atoms with E-state index in [9.17, 15) is 18.0 Å². The second-order valence-electron chi connectivity index (χ2n) is 8.85. The molecule has 2 N–H and O–H groups in total. The number of benzene rings is 1. The van der Waals surface area contributed by atoms with E-state index in [4.69, 9.17) is 4.74 Å². The standard InChI is InChI=1S/C22H29N3O5S/c1-13(18-12-15-7-8-16(18)11-15)24-22(27)14(2)30-20(26)9-10-23-21-17-5-3-4-6-19(17)31(28,29)25-21/h3-6,13-16,18H,7-12H2,1-2H3,(H,23,25)(H,24,27). The van der Waals surface area contributed by atoms with Crippen LogP contribution in [-0.2, 0) is 24.3 Å². The third-order valence-corrected chi connectivity index (χ3v) is 8.13. The Bertz CT molecular complexity index is 1010. The highest BCUT2D eigenvalue weighted by Crippen LogP contribution is 2.49. The lowest BCUT2D eigenvalue weighted by Crippen LogP contribution is -2.45. The van der Waals surface area contributed by atoms with Crippen LogP contribution in [0.5, 0.6) is 0 Å². The fraction of sp³-hybridized carbons (Fsp3) is 0.591. The Kier molecular flexibility index (Phi) is 6.05. The summed E-state index contributed by atoms with van der Waals surface area (Å²) in [5, 5.41) is 3.01. The number of hydrogen-bond donors (Lipinski definition) is 2. The van der Waals surface area contributed by atoms with Gasteiger partial charge in [0.05, 0.1) is 17.9 Å². The summed E-state index contributed by atoms with van der Waals surface area (Å²) in [7, 11) is -3.61. The average Bonchev–Trinajstić information content (AvgIpc) is 3.42. The van der Waals surface area contributed by atoms with Crippen LogP contribution in [0.3, 0.4) is 0 Å². The van der Waals surface area contributed by atoms with Gasteiger partial charge < -0.3 is 10.1 Å². The molecular formula is C22H29N3O5S. The van der Waals surface area contributed by atoms with E-state index in [0.717, 1.165) is 5.92 Å². The van der Waals surface area contributed by atoms with Crippen LogP contribution in [0.2, 0.25) is 0 Å². The van der Waals surface area contributed by atoms with Crippen molar-refractivity contribution in [2.24, 2.45) is 22.7 Å². The zero-order chi connectivity index (χ0) is 22.2. The average molecular weight is 448 g/mol. The van der Waals surface area contributed by atoms with E-state index in [0.29, 0.717) is 17.4 Å². The molecule has 4 rings (SSSR count). The zero-order valence-electron chi connectivity index (χ0n) is 17.8. The van der Waals surface area contributed by atoms with Gasteiger partial charge in [-0.15, -0.1) is 0 Å². The van der Waals surface area contributed by atoms with Crippen LogP contribution in [0.25, 0.3) is 0 Å². The molecule has 1 aromatic carbocycles. The first-order chi connectivity index (χ1) is 14.7. The highest BCUT2D eigenvalue weighted by molar-refractivity contribution is 7.90. The van der Waals surface area contributed by atoms with Crippen LogP contribution in [0, 0.1) is 17.8 Å². The number of amidine groups is 1. The molecule has 2 bridgehead atoms. The van der Waals surface area contributed by atoms with E-state index >= 15 is 0 Å². The number of aliphatic imine (C=N–C) groups is 1. The summed E-state index contributed by atoms with van der Waals surface area (Å²) in [5.41, 5.74) is 0.484. The predicted molar refractivity (Wildman–Crippen MR) is 115 cm³/mol. The summed E-state index contributed by atoms with van der Waals surface area (Å²) in [5.74, 6) is 1.41. The lowest BCUT2D eigenvalue weighted by atomic mass is 9.84. The third-order valence-electron chi connectivity index (χ3n) is 6.73. The SMILES string of the molecule is CC(OC(=O)CCN=C1NS(=O)(=O)c2ccccc21)C(=O)NC(C)C1CC2CCC1C2. The molecule has 1 aromatic rings. The first-order valence-corrected chi connectivity index (χ1v) is 12.4. The molecule has 2 fully saturated rings. The van der Waals surface area contributed by atoms with Crippen molar-refractivity contribution in [2.75, 3.05) is 6.54 Å². The number of amides is 1. The second kappa shape index (κ2) is 8.61. The minimum Gasteiger partial charge on any atom is -0.452 e. The Hall–Kier alpha value is -2.42. The predicted octanol–water partition coefficient (Wildman–Crippen LogP) is 1.99. The molecule has 0 saturated heterocycles. The molecule has 9 heteroatoms. The molecular weight excluding hydrogens is 418 g/mol. The molecule has 5 atom stereocenters. The summed E-state index contributed by atoms with van der Waals surface area (Å²) >= 11 is 0. The quantitative estimate of drug-likeness (QED) is 0.621. The molecule has 2 aliphatic carbocycles. The van der Waals surface area contributed by atoms with Crippen molar-refractivity contribution in [3.63, 3.8) is 0 Å². The molecule has 1 heterocycles. The summed E-state index contributed by atoms with van der Waals surface area (Å²) in [4.78, 5) is 29.0. The molecule has 2 saturated carbocycles. The smallest absolute Gasteiger partial charge is 0.308 e. The van der Waals surface area contributed by atoms with E-state index in [1.54, 1.807) is 25.1 Å². The van der Waals surface area contributed by atoms with Gasteiger partial charge in [-0.05, 0) is 63.0 Å². The van der Waals surface area contributed by atoms with Crippen LogP contribution in [-0.4, -0.2) is 44.8 Å². The molecule has 1 aliphatic heterocycles. The minimum atomic E-state index is -3.61. The number of sulfonamides is 1. The second-order valence-corrected chi connectivity index (χ2v) is 10.5. The number of nitrogens with one attached hydrogen (secondary N) is 2. The first-order valence-electron chi connectivity index (χ1n) is 10.9. The van der Waals surface area contributed by atoms with Gasteiger partial charge in [-0.25, -0.2) is 8.42 Å². The topological polar surface area (TPSA) is 114 Å². The van der Waals surface area contributed by atoms with Gasteiger partial charge in [-0.3, -0.25) is 19.3 Å². The number of fused-ring (bicyclic) bond motifs is 3. The highest BCUT2D eigenvalue weighted by atomic mass is 32.2. The zero-order valence-corrected chi connectivity index (χ0v) is 18.7. The summed E-state index contributed by atoms with van der Waals surface area (Å²) < 4.78 is 31.8. The Balaban J connectivity index is 1.24. The lowest BCUT2D eigenvalue weighted by Gasteiger charge is -2.29. The molecule has 0 radical (unpaired) electrons. The van der Waals surface area contributed by atoms with Crippen molar-refractivity contribution in [2.45, 2.75) is 63.0 Å². The Labute approximate surface area is 182 Å². The highest BCUT2D eigenvalue weighted by Gasteiger charge is 2.42. The van der Waals surface area contributed by atoms with Crippen molar-refractivity contribution in [1.82, 2.24) is 10.0 Å². The monoisotopic (exact) mass is 447 g/mol. The van der Waals surface area contributed by atoms with E-state index in [1.807, 2.05) is 6.92 Å². The number of carbonyl (C=O) groups excluding carboxylic acids is 2. The van der Waals surface area contributed by atoms with Crippen LogP contribution < -0.4 is 10.0 Å². The van der Waals surface area contributed by atoms with Gasteiger partial charge in [0, 0.05) is 11.6 Å². The van der Waals surface area contributed by atoms with Crippen molar-refractivity contribution in [1.29, 1.82) is 0 Å². The molecule has 0 spiro atoms. The van der Waals surface area contributed by atoms with Crippen molar-refractivity contribution in [3.05, 3.63) is 29.8 Å². The number of hydrogen-bond acceptors (Lipinski definition) is 6. The van der Waals surface area contributed by atoms with Crippen LogP contribution >= 0.6 is 0 Å². The molecule has 31 heavy (non-hydrogen) atoms. The number of esters is 1. The van der Waals surface area contributed by atoms with Crippen LogP contribution in [0.1, 0.15) is 51.5 Å². The molecule has 168 valence electrons. The van der Waals surface area contributed by atoms with Crippen LogP contribution in [0.15, 0.2) is 34.2 Å². The summed E-state index contributed by atoms with van der Waals surface area (Å²) in [6.07, 6.45) is 4.09. The normalized spacial score (nSPS) is 28.6. The first kappa shape index (κ1) is 21.8. The van der Waals surface area contributed by atoms with Gasteiger partial charge in [0.2, 0.25) is 0 Å². The fourth-order valence-corrected chi connectivity index (χ4v) is 6.43. The lowest BCUT2D eigenvalue weighted by molar-refractivity contribution is -0.155. The van der Waals surface area contributed by atoms with Gasteiger partial charge in [-0.2, -0.15) is 0 Å². The van der Waals surface area contributed by atoms with Gasteiger partial charge in [0.1, 0.15) is 5.84 Å². The van der Waals surface area contributed by atoms with Gasteiger partial charge in [0.15, 0.2) is 6.10 Å². The summed E-state index contributed by atoms with van der Waals surface area (Å²) in [6, 6.07) is 6.61. The number of rotatable bonds is 7. The Morgan fingerprint density at radius 3 is 2.71 bits per heavy atom. The van der Waals surface area contributed by atoms with Gasteiger partial charge >= 0.3 is 5.97 Å². The molecule has 1 amide bonds. The molecule has 0 aromatic heterocycles. The van der Waals surface area contributed by atoms with Crippen molar-refractivity contribution in [3.8, 4) is 0 Å². The maximum atomic E-state index is 12.5. The Morgan fingerprint density at radius 2 is 2.00 bits per heavy atom. The number of carbonyl (C=O) groups is 2. The van der Waals surface area contributed by atoms with Crippen LogP contribution in [0.4, 0.5) is 0 Å². The number of ether oxygens (including phenoxy) is 1. The van der Waals surface area contributed by atoms with Crippen molar-refractivity contribution < 1.29 is 22.7 Å². The van der Waals surface area contributed by atoms with E-state index in [1.165, 1.54) is 31.7 Å². The fourth-order valence-electron chi connectivity index (χ4n) is 5.17. The molecule has 8 nitrogen and oxygen atoms in total. The third kappa shape index (κ3) is 4.61. The van der Waals surface area contributed by atoms with Gasteiger partial charge in [-0.1, -0.05) is 18.6 Å². The maximum Gasteiger partial charge on any atom is 0.308 e. The molecule has 5 unspecified atom stereocenters. The molecule has 3 aliphatic rings. The Morgan fingerprint density at radius 1 is 1.23 bits per heavy atom.